The summed E-state index contributed by atoms with van der Waals surface area (Å²) in [5, 5.41) is 3.85. The molecule has 0 aliphatic rings. The van der Waals surface area contributed by atoms with Crippen LogP contribution in [0.25, 0.3) is 0 Å². The summed E-state index contributed by atoms with van der Waals surface area (Å²) in [5.41, 5.74) is 2.25. The summed E-state index contributed by atoms with van der Waals surface area (Å²) in [7, 11) is 0. The van der Waals surface area contributed by atoms with Gasteiger partial charge in [0.1, 0.15) is 5.82 Å². The summed E-state index contributed by atoms with van der Waals surface area (Å²) in [6, 6.07) is 4.10. The number of nitrogens with zero attached hydrogens (tertiary/aromatic N) is 2. The highest BCUT2D eigenvalue weighted by molar-refractivity contribution is 6.31. The molecule has 1 heterocycles. The lowest BCUT2D eigenvalue weighted by Crippen LogP contribution is -2.24. The molecule has 106 valence electrons. The van der Waals surface area contributed by atoms with Crippen LogP contribution in [-0.2, 0) is 0 Å². The molecule has 2 aromatic rings. The number of nitrogens with one attached hydrogen (secondary N) is 1. The summed E-state index contributed by atoms with van der Waals surface area (Å²) in [4.78, 5) is 8.62. The van der Waals surface area contributed by atoms with E-state index in [0.29, 0.717) is 10.6 Å². The Hall–Kier alpha value is -1.52. The van der Waals surface area contributed by atoms with E-state index < -0.39 is 0 Å². The number of hydrogen-bond donors (Lipinski definition) is 1. The fourth-order valence-electron chi connectivity index (χ4n) is 1.95. The predicted octanol–water partition coefficient (Wildman–Crippen LogP) is 3.67. The standard InChI is InChI=1S/C15H17ClFN3/c1-3-6-18-15(14-9-19-10(2)8-20-14)12-7-11(17)4-5-13(12)16/h4-5,7-9,15,18H,3,6H2,1-2H3. The first kappa shape index (κ1) is 14.9. The molecule has 1 N–H and O–H groups in total. The zero-order valence-corrected chi connectivity index (χ0v) is 12.3. The largest absolute Gasteiger partial charge is 0.305 e. The van der Waals surface area contributed by atoms with Crippen LogP contribution in [-0.4, -0.2) is 16.5 Å². The van der Waals surface area contributed by atoms with Crippen LogP contribution in [0.4, 0.5) is 4.39 Å². The van der Waals surface area contributed by atoms with Crippen molar-refractivity contribution in [2.75, 3.05) is 6.54 Å². The average molecular weight is 294 g/mol. The molecule has 0 aliphatic carbocycles. The number of rotatable bonds is 5. The van der Waals surface area contributed by atoms with Crippen molar-refractivity contribution in [3.8, 4) is 0 Å². The number of hydrogen-bond acceptors (Lipinski definition) is 3. The molecule has 0 fully saturated rings. The van der Waals surface area contributed by atoms with Gasteiger partial charge in [-0.15, -0.1) is 0 Å². The van der Waals surface area contributed by atoms with Gasteiger partial charge in [-0.2, -0.15) is 0 Å². The van der Waals surface area contributed by atoms with E-state index in [4.69, 9.17) is 11.6 Å². The van der Waals surface area contributed by atoms with Crippen LogP contribution in [0.3, 0.4) is 0 Å². The van der Waals surface area contributed by atoms with Crippen LogP contribution in [0, 0.1) is 12.7 Å². The second-order valence-corrected chi connectivity index (χ2v) is 5.04. The van der Waals surface area contributed by atoms with Crippen LogP contribution >= 0.6 is 11.6 Å². The van der Waals surface area contributed by atoms with Gasteiger partial charge in [-0.1, -0.05) is 18.5 Å². The second kappa shape index (κ2) is 6.77. The Labute approximate surface area is 123 Å². The molecule has 2 rings (SSSR count). The Kier molecular flexibility index (Phi) is 5.04. The SMILES string of the molecule is CCCNC(c1cnc(C)cn1)c1cc(F)ccc1Cl. The zero-order valence-electron chi connectivity index (χ0n) is 11.5. The average Bonchev–Trinajstić information content (AvgIpc) is 2.44. The van der Waals surface area contributed by atoms with Crippen molar-refractivity contribution in [3.05, 3.63) is 58.4 Å². The van der Waals surface area contributed by atoms with Gasteiger partial charge in [-0.05, 0) is 43.7 Å². The molecule has 0 saturated carbocycles. The normalized spacial score (nSPS) is 12.4. The van der Waals surface area contributed by atoms with Crippen molar-refractivity contribution < 1.29 is 4.39 Å². The van der Waals surface area contributed by atoms with Crippen LogP contribution < -0.4 is 5.32 Å². The van der Waals surface area contributed by atoms with Crippen LogP contribution in [0.2, 0.25) is 5.02 Å². The molecular formula is C15H17ClFN3. The zero-order chi connectivity index (χ0) is 14.5. The Morgan fingerprint density at radius 2 is 2.10 bits per heavy atom. The predicted molar refractivity (Wildman–Crippen MR) is 78.3 cm³/mol. The maximum atomic E-state index is 13.5. The molecule has 0 amide bonds. The highest BCUT2D eigenvalue weighted by atomic mass is 35.5. The minimum Gasteiger partial charge on any atom is -0.305 e. The van der Waals surface area contributed by atoms with E-state index in [1.807, 2.05) is 6.92 Å². The van der Waals surface area contributed by atoms with E-state index in [1.165, 1.54) is 12.1 Å². The van der Waals surface area contributed by atoms with Gasteiger partial charge in [-0.25, -0.2) is 4.39 Å². The quantitative estimate of drug-likeness (QED) is 0.914. The maximum absolute atomic E-state index is 13.5. The molecular weight excluding hydrogens is 277 g/mol. The first-order chi connectivity index (χ1) is 9.61. The lowest BCUT2D eigenvalue weighted by Gasteiger charge is -2.19. The third kappa shape index (κ3) is 3.52. The van der Waals surface area contributed by atoms with Crippen molar-refractivity contribution >= 4 is 11.6 Å². The molecule has 5 heteroatoms. The Morgan fingerprint density at radius 3 is 2.75 bits per heavy atom. The van der Waals surface area contributed by atoms with Crippen LogP contribution in [0.15, 0.2) is 30.6 Å². The van der Waals surface area contributed by atoms with Gasteiger partial charge in [0.2, 0.25) is 0 Å². The number of benzene rings is 1. The fourth-order valence-corrected chi connectivity index (χ4v) is 2.18. The van der Waals surface area contributed by atoms with E-state index in [2.05, 4.69) is 22.2 Å². The van der Waals surface area contributed by atoms with E-state index in [9.17, 15) is 4.39 Å². The Bertz CT molecular complexity index is 572. The van der Waals surface area contributed by atoms with Gasteiger partial charge in [0.25, 0.3) is 0 Å². The highest BCUT2D eigenvalue weighted by Gasteiger charge is 2.18. The molecule has 0 saturated heterocycles. The molecule has 20 heavy (non-hydrogen) atoms. The third-order valence-electron chi connectivity index (χ3n) is 2.96. The molecule has 3 nitrogen and oxygen atoms in total. The maximum Gasteiger partial charge on any atom is 0.123 e. The molecule has 0 aliphatic heterocycles. The van der Waals surface area contributed by atoms with E-state index in [0.717, 1.165) is 24.4 Å². The van der Waals surface area contributed by atoms with Gasteiger partial charge in [0, 0.05) is 11.2 Å². The third-order valence-corrected chi connectivity index (χ3v) is 3.31. The molecule has 1 atom stereocenters. The summed E-state index contributed by atoms with van der Waals surface area (Å²) in [6.07, 6.45) is 4.36. The lowest BCUT2D eigenvalue weighted by atomic mass is 10.0. The summed E-state index contributed by atoms with van der Waals surface area (Å²) in [5.74, 6) is -0.312. The smallest absolute Gasteiger partial charge is 0.123 e. The number of aryl methyl sites for hydroxylation is 1. The van der Waals surface area contributed by atoms with Crippen molar-refractivity contribution in [1.82, 2.24) is 15.3 Å². The lowest BCUT2D eigenvalue weighted by molar-refractivity contribution is 0.574. The molecule has 0 radical (unpaired) electrons. The van der Waals surface area contributed by atoms with Gasteiger partial charge >= 0.3 is 0 Å². The molecule has 0 spiro atoms. The number of aromatic nitrogens is 2. The highest BCUT2D eigenvalue weighted by Crippen LogP contribution is 2.27. The van der Waals surface area contributed by atoms with E-state index in [-0.39, 0.29) is 11.9 Å². The number of halogens is 2. The Balaban J connectivity index is 2.41. The topological polar surface area (TPSA) is 37.8 Å². The first-order valence-electron chi connectivity index (χ1n) is 6.58. The molecule has 1 unspecified atom stereocenters. The van der Waals surface area contributed by atoms with Crippen LogP contribution in [0.5, 0.6) is 0 Å². The monoisotopic (exact) mass is 293 g/mol. The fraction of sp³-hybridized carbons (Fsp3) is 0.333. The van der Waals surface area contributed by atoms with E-state index >= 15 is 0 Å². The molecule has 0 bridgehead atoms. The van der Waals surface area contributed by atoms with Gasteiger partial charge in [0.15, 0.2) is 0 Å². The minimum atomic E-state index is -0.312. The van der Waals surface area contributed by atoms with E-state index in [1.54, 1.807) is 18.5 Å². The Morgan fingerprint density at radius 1 is 1.30 bits per heavy atom. The van der Waals surface area contributed by atoms with Gasteiger partial charge in [-0.3, -0.25) is 9.97 Å². The molecule has 1 aromatic heterocycles. The second-order valence-electron chi connectivity index (χ2n) is 4.64. The minimum absolute atomic E-state index is 0.258. The first-order valence-corrected chi connectivity index (χ1v) is 6.96. The summed E-state index contributed by atoms with van der Waals surface area (Å²) < 4.78 is 13.5. The summed E-state index contributed by atoms with van der Waals surface area (Å²) >= 11 is 6.20. The van der Waals surface area contributed by atoms with Crippen molar-refractivity contribution in [2.45, 2.75) is 26.3 Å². The van der Waals surface area contributed by atoms with Gasteiger partial charge < -0.3 is 5.32 Å². The van der Waals surface area contributed by atoms with Crippen molar-refractivity contribution in [3.63, 3.8) is 0 Å². The van der Waals surface area contributed by atoms with Gasteiger partial charge in [0.05, 0.1) is 23.6 Å². The van der Waals surface area contributed by atoms with Crippen LogP contribution in [0.1, 0.15) is 36.3 Å². The molecule has 1 aromatic carbocycles. The van der Waals surface area contributed by atoms with Crippen molar-refractivity contribution in [2.24, 2.45) is 0 Å². The summed E-state index contributed by atoms with van der Waals surface area (Å²) in [6.45, 7) is 4.73. The van der Waals surface area contributed by atoms with Crippen molar-refractivity contribution in [1.29, 1.82) is 0 Å².